The van der Waals surface area contributed by atoms with E-state index in [0.717, 1.165) is 18.9 Å². The zero-order valence-electron chi connectivity index (χ0n) is 16.8. The molecule has 0 saturated carbocycles. The van der Waals surface area contributed by atoms with Crippen LogP contribution in [0.25, 0.3) is 0 Å². The Kier molecular flexibility index (Phi) is 5.92. The molecule has 2 bridgehead atoms. The van der Waals surface area contributed by atoms with Gasteiger partial charge in [-0.25, -0.2) is 8.78 Å². The summed E-state index contributed by atoms with van der Waals surface area (Å²) in [6.07, 6.45) is 0.703. The smallest absolute Gasteiger partial charge is 0.155 e. The number of halogens is 2. The van der Waals surface area contributed by atoms with Gasteiger partial charge in [0.15, 0.2) is 6.29 Å². The van der Waals surface area contributed by atoms with Crippen molar-refractivity contribution in [2.45, 2.75) is 83.8 Å². The Morgan fingerprint density at radius 3 is 2.37 bits per heavy atom. The van der Waals surface area contributed by atoms with Crippen molar-refractivity contribution in [1.29, 1.82) is 0 Å². The van der Waals surface area contributed by atoms with Crippen LogP contribution in [0.4, 0.5) is 8.78 Å². The molecule has 1 unspecified atom stereocenters. The van der Waals surface area contributed by atoms with Crippen LogP contribution in [0, 0.1) is 17.6 Å². The molecule has 1 aromatic rings. The minimum absolute atomic E-state index is 0.0926. The summed E-state index contributed by atoms with van der Waals surface area (Å²) >= 11 is 0. The van der Waals surface area contributed by atoms with Gasteiger partial charge < -0.3 is 18.9 Å². The highest BCUT2D eigenvalue weighted by Crippen LogP contribution is 2.56. The average Bonchev–Trinajstić information content (AvgIpc) is 3.03. The van der Waals surface area contributed by atoms with Gasteiger partial charge in [0.25, 0.3) is 0 Å². The maximum absolute atomic E-state index is 13.5. The molecule has 2 saturated heterocycles. The summed E-state index contributed by atoms with van der Waals surface area (Å²) in [6, 6.07) is 3.43. The van der Waals surface area contributed by atoms with Gasteiger partial charge in [0.1, 0.15) is 29.4 Å². The standard InChI is InChI=1S/C21H30F2O4/c1-6-24-14(4)26-19-18(20(5)7-8-21(19,27-20)13(2)3)25-12-15-9-16(22)11-17(23)10-15/h9-11,13-14,18-19H,6-8,12H2,1-5H3/t14?,18-,19-,20+,21+/m1/s1. The molecule has 0 radical (unpaired) electrons. The first-order valence-electron chi connectivity index (χ1n) is 9.74. The summed E-state index contributed by atoms with van der Waals surface area (Å²) in [5, 5.41) is 0. The number of rotatable bonds is 8. The lowest BCUT2D eigenvalue weighted by atomic mass is 9.73. The van der Waals surface area contributed by atoms with E-state index in [-0.39, 0.29) is 31.0 Å². The van der Waals surface area contributed by atoms with Crippen LogP contribution in [0.3, 0.4) is 0 Å². The normalized spacial score (nSPS) is 33.8. The molecule has 2 fully saturated rings. The van der Waals surface area contributed by atoms with Crippen LogP contribution in [-0.2, 0) is 25.6 Å². The lowest BCUT2D eigenvalue weighted by Crippen LogP contribution is -2.54. The second kappa shape index (κ2) is 7.74. The van der Waals surface area contributed by atoms with Gasteiger partial charge in [0.05, 0.1) is 12.2 Å². The Labute approximate surface area is 160 Å². The first-order chi connectivity index (χ1) is 12.7. The largest absolute Gasteiger partial charge is 0.368 e. The summed E-state index contributed by atoms with van der Waals surface area (Å²) in [7, 11) is 0. The Morgan fingerprint density at radius 1 is 1.11 bits per heavy atom. The summed E-state index contributed by atoms with van der Waals surface area (Å²) in [4.78, 5) is 0. The first-order valence-corrected chi connectivity index (χ1v) is 9.74. The van der Waals surface area contributed by atoms with Crippen molar-refractivity contribution in [3.8, 4) is 0 Å². The van der Waals surface area contributed by atoms with Gasteiger partial charge in [-0.1, -0.05) is 13.8 Å². The number of hydrogen-bond donors (Lipinski definition) is 0. The Morgan fingerprint density at radius 2 is 1.78 bits per heavy atom. The molecule has 0 N–H and O–H groups in total. The molecule has 1 aromatic carbocycles. The molecule has 2 heterocycles. The minimum atomic E-state index is -0.611. The van der Waals surface area contributed by atoms with E-state index in [1.54, 1.807) is 0 Å². The number of ether oxygens (including phenoxy) is 4. The third kappa shape index (κ3) is 3.90. The zero-order valence-corrected chi connectivity index (χ0v) is 16.8. The fourth-order valence-electron chi connectivity index (χ4n) is 4.50. The fourth-order valence-corrected chi connectivity index (χ4v) is 4.50. The third-order valence-corrected chi connectivity index (χ3v) is 5.86. The van der Waals surface area contributed by atoms with Crippen molar-refractivity contribution in [3.05, 3.63) is 35.4 Å². The molecule has 2 aliphatic heterocycles. The van der Waals surface area contributed by atoms with E-state index in [1.165, 1.54) is 12.1 Å². The highest BCUT2D eigenvalue weighted by atomic mass is 19.1. The van der Waals surface area contributed by atoms with E-state index in [0.29, 0.717) is 12.2 Å². The summed E-state index contributed by atoms with van der Waals surface area (Å²) in [5.74, 6) is -0.987. The maximum Gasteiger partial charge on any atom is 0.155 e. The van der Waals surface area contributed by atoms with E-state index in [2.05, 4.69) is 13.8 Å². The van der Waals surface area contributed by atoms with Gasteiger partial charge in [0, 0.05) is 12.7 Å². The fraction of sp³-hybridized carbons (Fsp3) is 0.714. The molecule has 0 spiro atoms. The Hall–Kier alpha value is -1.08. The molecule has 0 aromatic heterocycles. The van der Waals surface area contributed by atoms with Crippen molar-refractivity contribution in [1.82, 2.24) is 0 Å². The first kappa shape index (κ1) is 20.6. The summed E-state index contributed by atoms with van der Waals surface area (Å²) in [5.41, 5.74) is -0.487. The molecule has 0 aliphatic carbocycles. The molecule has 5 atom stereocenters. The SMILES string of the molecule is CCOC(C)O[C@@H]1[C@@H](OCc2cc(F)cc(F)c2)[C@]2(C)CC[C@@]1(C(C)C)O2. The van der Waals surface area contributed by atoms with Gasteiger partial charge in [0.2, 0.25) is 0 Å². The van der Waals surface area contributed by atoms with Crippen LogP contribution in [0.2, 0.25) is 0 Å². The van der Waals surface area contributed by atoms with E-state index >= 15 is 0 Å². The molecule has 6 heteroatoms. The van der Waals surface area contributed by atoms with Gasteiger partial charge in [-0.3, -0.25) is 0 Å². The molecular formula is C21H30F2O4. The van der Waals surface area contributed by atoms with Crippen molar-refractivity contribution in [2.24, 2.45) is 5.92 Å². The average molecular weight is 384 g/mol. The number of hydrogen-bond acceptors (Lipinski definition) is 4. The monoisotopic (exact) mass is 384 g/mol. The predicted octanol–water partition coefficient (Wildman–Crippen LogP) is 4.60. The summed E-state index contributed by atoms with van der Waals surface area (Å²) in [6.45, 7) is 10.7. The molecule has 152 valence electrons. The van der Waals surface area contributed by atoms with Gasteiger partial charge in [-0.15, -0.1) is 0 Å². The van der Waals surface area contributed by atoms with Crippen LogP contribution in [0.1, 0.15) is 53.0 Å². The number of fused-ring (bicyclic) bond motifs is 2. The highest BCUT2D eigenvalue weighted by Gasteiger charge is 2.68. The molecule has 4 nitrogen and oxygen atoms in total. The van der Waals surface area contributed by atoms with Crippen molar-refractivity contribution >= 4 is 0 Å². The van der Waals surface area contributed by atoms with Gasteiger partial charge in [-0.05, 0) is 57.2 Å². The quantitative estimate of drug-likeness (QED) is 0.614. The van der Waals surface area contributed by atoms with Crippen molar-refractivity contribution in [2.75, 3.05) is 6.61 Å². The zero-order chi connectivity index (χ0) is 19.8. The van der Waals surface area contributed by atoms with E-state index in [9.17, 15) is 8.78 Å². The van der Waals surface area contributed by atoms with E-state index in [1.807, 2.05) is 20.8 Å². The minimum Gasteiger partial charge on any atom is -0.368 e. The molecule has 27 heavy (non-hydrogen) atoms. The highest BCUT2D eigenvalue weighted by molar-refractivity contribution is 5.19. The second-order valence-corrected chi connectivity index (χ2v) is 8.11. The third-order valence-electron chi connectivity index (χ3n) is 5.86. The van der Waals surface area contributed by atoms with E-state index < -0.39 is 22.8 Å². The lowest BCUT2D eigenvalue weighted by Gasteiger charge is -2.40. The second-order valence-electron chi connectivity index (χ2n) is 8.11. The summed E-state index contributed by atoms with van der Waals surface area (Å²) < 4.78 is 51.5. The molecule has 2 aliphatic rings. The van der Waals surface area contributed by atoms with Crippen LogP contribution in [0.15, 0.2) is 18.2 Å². The van der Waals surface area contributed by atoms with E-state index in [4.69, 9.17) is 18.9 Å². The topological polar surface area (TPSA) is 36.9 Å². The van der Waals surface area contributed by atoms with Crippen LogP contribution >= 0.6 is 0 Å². The van der Waals surface area contributed by atoms with Crippen molar-refractivity contribution < 1.29 is 27.7 Å². The number of benzene rings is 1. The maximum atomic E-state index is 13.5. The Balaban J connectivity index is 1.82. The predicted molar refractivity (Wildman–Crippen MR) is 97.2 cm³/mol. The van der Waals surface area contributed by atoms with Crippen molar-refractivity contribution in [3.63, 3.8) is 0 Å². The molecule has 3 rings (SSSR count). The van der Waals surface area contributed by atoms with Gasteiger partial charge >= 0.3 is 0 Å². The van der Waals surface area contributed by atoms with Crippen LogP contribution < -0.4 is 0 Å². The molecule has 0 amide bonds. The van der Waals surface area contributed by atoms with Gasteiger partial charge in [-0.2, -0.15) is 0 Å². The van der Waals surface area contributed by atoms with Crippen LogP contribution in [-0.4, -0.2) is 36.3 Å². The lowest BCUT2D eigenvalue weighted by molar-refractivity contribution is -0.216. The Bertz CT molecular complexity index is 647. The molecular weight excluding hydrogens is 354 g/mol. The van der Waals surface area contributed by atoms with Crippen LogP contribution in [0.5, 0.6) is 0 Å².